The van der Waals surface area contributed by atoms with Gasteiger partial charge in [0.2, 0.25) is 0 Å². The second-order valence-corrected chi connectivity index (χ2v) is 7.08. The van der Waals surface area contributed by atoms with Crippen LogP contribution in [-0.2, 0) is 16.9 Å². The van der Waals surface area contributed by atoms with Crippen molar-refractivity contribution in [3.63, 3.8) is 0 Å². The molecule has 0 saturated heterocycles. The van der Waals surface area contributed by atoms with Crippen molar-refractivity contribution < 1.29 is 14.4 Å². The molecule has 1 aromatic carbocycles. The summed E-state index contributed by atoms with van der Waals surface area (Å²) in [6.07, 6.45) is 3.17. The maximum absolute atomic E-state index is 12.7. The van der Waals surface area contributed by atoms with Crippen molar-refractivity contribution in [1.82, 2.24) is 15.0 Å². The van der Waals surface area contributed by atoms with E-state index in [1.54, 1.807) is 6.20 Å². The Balaban J connectivity index is 1.71. The standard InChI is InChI=1S/C18H21N3O3S/c1-13-16(19-9-8-17(13)24-11-5-4-10-22)12-25(23)18-20-14-6-2-3-7-15(14)21-18/h2-3,6-9,22H,4-5,10-12H2,1H3,(H,20,21). The molecule has 6 nitrogen and oxygen atoms in total. The van der Waals surface area contributed by atoms with Gasteiger partial charge in [0, 0.05) is 29.5 Å². The summed E-state index contributed by atoms with van der Waals surface area (Å²) < 4.78 is 18.4. The first-order chi connectivity index (χ1) is 12.2. The van der Waals surface area contributed by atoms with Crippen LogP contribution in [0.1, 0.15) is 24.1 Å². The number of aliphatic hydroxyl groups is 1. The predicted molar refractivity (Wildman–Crippen MR) is 97.0 cm³/mol. The molecule has 0 saturated carbocycles. The van der Waals surface area contributed by atoms with E-state index in [9.17, 15) is 4.55 Å². The van der Waals surface area contributed by atoms with Gasteiger partial charge >= 0.3 is 5.16 Å². The third-order valence-corrected chi connectivity index (χ3v) is 5.08. The Bertz CT molecular complexity index is 804. The molecule has 1 atom stereocenters. The SMILES string of the molecule is Cc1c(OCCCCO)ccnc1C[S+]([O-])c1nc2ccccc2[nH]1. The molecular formula is C18H21N3O3S. The molecule has 1 unspecified atom stereocenters. The van der Waals surface area contributed by atoms with Crippen LogP contribution in [0.4, 0.5) is 0 Å². The number of H-pyrrole nitrogens is 1. The average molecular weight is 359 g/mol. The van der Waals surface area contributed by atoms with Gasteiger partial charge in [-0.1, -0.05) is 12.1 Å². The third kappa shape index (κ3) is 4.31. The topological polar surface area (TPSA) is 94.1 Å². The minimum absolute atomic E-state index is 0.167. The molecule has 7 heteroatoms. The summed E-state index contributed by atoms with van der Waals surface area (Å²) in [6.45, 7) is 2.62. The van der Waals surface area contributed by atoms with Crippen molar-refractivity contribution in [3.05, 3.63) is 47.8 Å². The van der Waals surface area contributed by atoms with E-state index < -0.39 is 11.2 Å². The summed E-state index contributed by atoms with van der Waals surface area (Å²) in [7, 11) is 0. The Morgan fingerprint density at radius 2 is 2.08 bits per heavy atom. The smallest absolute Gasteiger partial charge is 0.322 e. The summed E-state index contributed by atoms with van der Waals surface area (Å²) in [5.74, 6) is 1.02. The number of unbranched alkanes of at least 4 members (excludes halogenated alkanes) is 1. The van der Waals surface area contributed by atoms with E-state index in [4.69, 9.17) is 9.84 Å². The summed E-state index contributed by atoms with van der Waals surface area (Å²) in [4.78, 5) is 11.8. The van der Waals surface area contributed by atoms with Crippen LogP contribution in [0.5, 0.6) is 5.75 Å². The van der Waals surface area contributed by atoms with Crippen LogP contribution < -0.4 is 4.74 Å². The van der Waals surface area contributed by atoms with Gasteiger partial charge in [0.05, 0.1) is 23.3 Å². The van der Waals surface area contributed by atoms with Crippen LogP contribution in [0.2, 0.25) is 0 Å². The molecular weight excluding hydrogens is 338 g/mol. The van der Waals surface area contributed by atoms with Crippen LogP contribution >= 0.6 is 0 Å². The number of hydrogen-bond acceptors (Lipinski definition) is 5. The van der Waals surface area contributed by atoms with Gasteiger partial charge in [0.25, 0.3) is 0 Å². The van der Waals surface area contributed by atoms with Crippen LogP contribution in [0.3, 0.4) is 0 Å². The molecule has 3 rings (SSSR count). The largest absolute Gasteiger partial charge is 0.609 e. The number of pyridine rings is 1. The lowest BCUT2D eigenvalue weighted by molar-refractivity contribution is 0.252. The van der Waals surface area contributed by atoms with Gasteiger partial charge < -0.3 is 14.4 Å². The maximum Gasteiger partial charge on any atom is 0.322 e. The fraction of sp³-hybridized carbons (Fsp3) is 0.333. The highest BCUT2D eigenvalue weighted by molar-refractivity contribution is 7.90. The lowest BCUT2D eigenvalue weighted by atomic mass is 10.2. The van der Waals surface area contributed by atoms with E-state index >= 15 is 0 Å². The lowest BCUT2D eigenvalue weighted by Gasteiger charge is -2.12. The highest BCUT2D eigenvalue weighted by atomic mass is 32.2. The Kier molecular flexibility index (Phi) is 5.91. The number of nitrogens with zero attached hydrogens (tertiary/aromatic N) is 2. The molecule has 0 bridgehead atoms. The molecule has 0 spiro atoms. The van der Waals surface area contributed by atoms with Crippen molar-refractivity contribution in [2.75, 3.05) is 13.2 Å². The number of aromatic amines is 1. The van der Waals surface area contributed by atoms with E-state index in [-0.39, 0.29) is 12.4 Å². The number of ether oxygens (including phenoxy) is 1. The first-order valence-corrected chi connectivity index (χ1v) is 9.52. The second kappa shape index (κ2) is 8.33. The Labute approximate surface area is 149 Å². The van der Waals surface area contributed by atoms with Gasteiger partial charge in [-0.15, -0.1) is 0 Å². The zero-order chi connectivity index (χ0) is 17.6. The van der Waals surface area contributed by atoms with Crippen LogP contribution in [0.15, 0.2) is 41.7 Å². The highest BCUT2D eigenvalue weighted by Crippen LogP contribution is 2.24. The average Bonchev–Trinajstić information content (AvgIpc) is 3.06. The van der Waals surface area contributed by atoms with Gasteiger partial charge in [-0.25, -0.2) is 0 Å². The van der Waals surface area contributed by atoms with Gasteiger partial charge in [-0.3, -0.25) is 9.97 Å². The Morgan fingerprint density at radius 3 is 2.88 bits per heavy atom. The Hall–Kier alpha value is -2.09. The minimum Gasteiger partial charge on any atom is -0.609 e. The summed E-state index contributed by atoms with van der Waals surface area (Å²) in [6, 6.07) is 9.42. The van der Waals surface area contributed by atoms with Crippen LogP contribution in [-0.4, -0.2) is 37.8 Å². The molecule has 0 aliphatic heterocycles. The summed E-state index contributed by atoms with van der Waals surface area (Å²) >= 11 is -1.31. The Morgan fingerprint density at radius 1 is 1.24 bits per heavy atom. The van der Waals surface area contributed by atoms with Crippen LogP contribution in [0.25, 0.3) is 11.0 Å². The zero-order valence-corrected chi connectivity index (χ0v) is 14.9. The number of para-hydroxylation sites is 2. The minimum atomic E-state index is -1.31. The van der Waals surface area contributed by atoms with Crippen molar-refractivity contribution in [2.24, 2.45) is 0 Å². The number of hydrogen-bond donors (Lipinski definition) is 2. The van der Waals surface area contributed by atoms with Gasteiger partial charge in [-0.05, 0) is 38.0 Å². The number of rotatable bonds is 8. The first-order valence-electron chi connectivity index (χ1n) is 8.20. The molecule has 0 amide bonds. The molecule has 3 aromatic rings. The van der Waals surface area contributed by atoms with Gasteiger partial charge in [0.1, 0.15) is 5.75 Å². The quantitative estimate of drug-likeness (QED) is 0.476. The van der Waals surface area contributed by atoms with E-state index in [2.05, 4.69) is 15.0 Å². The number of nitrogens with one attached hydrogen (secondary N) is 1. The van der Waals surface area contributed by atoms with Crippen molar-refractivity contribution >= 4 is 22.2 Å². The zero-order valence-electron chi connectivity index (χ0n) is 14.1. The van der Waals surface area contributed by atoms with Gasteiger partial charge in [0.15, 0.2) is 5.75 Å². The third-order valence-electron chi connectivity index (χ3n) is 3.92. The van der Waals surface area contributed by atoms with Crippen molar-refractivity contribution in [2.45, 2.75) is 30.7 Å². The summed E-state index contributed by atoms with van der Waals surface area (Å²) in [5, 5.41) is 9.27. The molecule has 2 N–H and O–H groups in total. The molecule has 0 aliphatic rings. The first kappa shape index (κ1) is 17.7. The number of benzene rings is 1. The molecule has 25 heavy (non-hydrogen) atoms. The number of aromatic nitrogens is 3. The van der Waals surface area contributed by atoms with E-state index in [0.717, 1.165) is 34.5 Å². The van der Waals surface area contributed by atoms with Crippen LogP contribution in [0, 0.1) is 6.92 Å². The lowest BCUT2D eigenvalue weighted by Crippen LogP contribution is -2.10. The van der Waals surface area contributed by atoms with E-state index in [1.807, 2.05) is 37.3 Å². The van der Waals surface area contributed by atoms with E-state index in [0.29, 0.717) is 18.2 Å². The van der Waals surface area contributed by atoms with Gasteiger partial charge in [-0.2, -0.15) is 4.98 Å². The van der Waals surface area contributed by atoms with E-state index in [1.165, 1.54) is 0 Å². The number of fused-ring (bicyclic) bond motifs is 1. The maximum atomic E-state index is 12.7. The number of aliphatic hydroxyl groups excluding tert-OH is 1. The fourth-order valence-corrected chi connectivity index (χ4v) is 3.59. The fourth-order valence-electron chi connectivity index (χ4n) is 2.49. The van der Waals surface area contributed by atoms with Crippen molar-refractivity contribution in [3.8, 4) is 5.75 Å². The number of imidazole rings is 1. The highest BCUT2D eigenvalue weighted by Gasteiger charge is 2.20. The predicted octanol–water partition coefficient (Wildman–Crippen LogP) is 2.73. The monoisotopic (exact) mass is 359 g/mol. The summed E-state index contributed by atoms with van der Waals surface area (Å²) in [5.41, 5.74) is 3.29. The molecule has 132 valence electrons. The molecule has 0 aliphatic carbocycles. The molecule has 2 heterocycles. The molecule has 0 fully saturated rings. The van der Waals surface area contributed by atoms with Crippen molar-refractivity contribution in [1.29, 1.82) is 0 Å². The second-order valence-electron chi connectivity index (χ2n) is 5.71. The molecule has 2 aromatic heterocycles. The normalized spacial score (nSPS) is 12.4. The molecule has 0 radical (unpaired) electrons.